The number of carboxylic acid groups (broad SMARTS) is 1. The molecule has 212 valence electrons. The zero-order valence-electron chi connectivity index (χ0n) is 23.3. The zero-order valence-corrected chi connectivity index (χ0v) is 23.3. The van der Waals surface area contributed by atoms with Crippen molar-refractivity contribution in [3.8, 4) is 5.75 Å². The average molecular weight is 532 g/mol. The topological polar surface area (TPSA) is 91.8 Å². The largest absolute Gasteiger partial charge is 0.493 e. The normalized spacial score (nSPS) is 23.6. The van der Waals surface area contributed by atoms with Gasteiger partial charge in [0, 0.05) is 38.0 Å². The van der Waals surface area contributed by atoms with Crippen molar-refractivity contribution in [1.29, 1.82) is 0 Å². The van der Waals surface area contributed by atoms with E-state index < -0.39 is 11.9 Å². The second-order valence-electron chi connectivity index (χ2n) is 11.1. The first kappa shape index (κ1) is 28.8. The van der Waals surface area contributed by atoms with Gasteiger partial charge in [0.25, 0.3) is 0 Å². The van der Waals surface area contributed by atoms with Crippen molar-refractivity contribution in [2.75, 3.05) is 66.6 Å². The van der Waals surface area contributed by atoms with Gasteiger partial charge in [0.05, 0.1) is 32.3 Å². The summed E-state index contributed by atoms with van der Waals surface area (Å²) in [5.41, 5.74) is 2.15. The van der Waals surface area contributed by atoms with E-state index in [1.165, 1.54) is 0 Å². The number of likely N-dealkylation sites (tertiary alicyclic amines) is 1. The van der Waals surface area contributed by atoms with Crippen LogP contribution in [0.4, 0.5) is 0 Å². The van der Waals surface area contributed by atoms with E-state index in [2.05, 4.69) is 22.8 Å². The van der Waals surface area contributed by atoms with E-state index in [-0.39, 0.29) is 30.7 Å². The third kappa shape index (κ3) is 7.25. The lowest BCUT2D eigenvalue weighted by Gasteiger charge is -2.30. The fourth-order valence-corrected chi connectivity index (χ4v) is 6.07. The number of rotatable bonds is 14. The molecule has 0 spiro atoms. The van der Waals surface area contributed by atoms with Gasteiger partial charge in [-0.1, -0.05) is 25.5 Å². The van der Waals surface area contributed by atoms with Crippen molar-refractivity contribution in [3.63, 3.8) is 0 Å². The number of hydrogen-bond donors (Lipinski definition) is 1. The van der Waals surface area contributed by atoms with Crippen molar-refractivity contribution >= 4 is 11.9 Å². The first-order valence-electron chi connectivity index (χ1n) is 14.3. The SMILES string of the molecule is CCCCN(CCCN(C)C)C(=O)CN1CC(c2ccc3c(c2)CCO3)C(C(=O)O)C1CCC1OCCO1. The summed E-state index contributed by atoms with van der Waals surface area (Å²) in [5, 5.41) is 10.4. The monoisotopic (exact) mass is 531 g/mol. The van der Waals surface area contributed by atoms with Gasteiger partial charge in [0.2, 0.25) is 5.91 Å². The summed E-state index contributed by atoms with van der Waals surface area (Å²) in [6.07, 6.45) is 4.67. The Morgan fingerprint density at radius 1 is 1.05 bits per heavy atom. The Kier molecular flexibility index (Phi) is 10.4. The highest BCUT2D eigenvalue weighted by Crippen LogP contribution is 2.41. The van der Waals surface area contributed by atoms with Crippen LogP contribution in [0.5, 0.6) is 5.75 Å². The Bertz CT molecular complexity index is 935. The minimum absolute atomic E-state index is 0.0858. The summed E-state index contributed by atoms with van der Waals surface area (Å²) in [4.78, 5) is 32.6. The number of benzene rings is 1. The van der Waals surface area contributed by atoms with Crippen molar-refractivity contribution in [2.24, 2.45) is 5.92 Å². The second kappa shape index (κ2) is 13.7. The molecule has 2 saturated heterocycles. The zero-order chi connectivity index (χ0) is 27.1. The molecule has 1 aromatic carbocycles. The molecule has 1 amide bonds. The maximum Gasteiger partial charge on any atom is 0.308 e. The summed E-state index contributed by atoms with van der Waals surface area (Å²) in [6, 6.07) is 5.82. The Morgan fingerprint density at radius 2 is 1.82 bits per heavy atom. The van der Waals surface area contributed by atoms with Crippen LogP contribution < -0.4 is 4.74 Å². The van der Waals surface area contributed by atoms with E-state index in [4.69, 9.17) is 14.2 Å². The summed E-state index contributed by atoms with van der Waals surface area (Å²) < 4.78 is 17.0. The molecule has 3 aliphatic heterocycles. The predicted octanol–water partition coefficient (Wildman–Crippen LogP) is 2.82. The second-order valence-corrected chi connectivity index (χ2v) is 11.1. The first-order chi connectivity index (χ1) is 18.4. The van der Waals surface area contributed by atoms with Gasteiger partial charge in [0.1, 0.15) is 5.75 Å². The molecule has 4 rings (SSSR count). The van der Waals surface area contributed by atoms with Crippen LogP contribution in [0.3, 0.4) is 0 Å². The highest BCUT2D eigenvalue weighted by molar-refractivity contribution is 5.79. The number of hydrogen-bond acceptors (Lipinski definition) is 7. The van der Waals surface area contributed by atoms with Gasteiger partial charge in [0.15, 0.2) is 6.29 Å². The van der Waals surface area contributed by atoms with Crippen LogP contribution in [-0.4, -0.2) is 111 Å². The molecule has 3 heterocycles. The van der Waals surface area contributed by atoms with E-state index in [0.29, 0.717) is 39.2 Å². The number of carbonyl (C=O) groups excluding carboxylic acids is 1. The molecule has 0 aromatic heterocycles. The Labute approximate surface area is 227 Å². The van der Waals surface area contributed by atoms with Gasteiger partial charge in [-0.15, -0.1) is 0 Å². The van der Waals surface area contributed by atoms with Crippen molar-refractivity contribution in [3.05, 3.63) is 29.3 Å². The quantitative estimate of drug-likeness (QED) is 0.392. The highest BCUT2D eigenvalue weighted by Gasteiger charge is 2.47. The van der Waals surface area contributed by atoms with Gasteiger partial charge in [-0.3, -0.25) is 14.5 Å². The molecule has 2 fully saturated rings. The number of unbranched alkanes of at least 4 members (excludes halogenated alkanes) is 1. The molecule has 0 radical (unpaired) electrons. The molecule has 3 aliphatic rings. The Hall–Kier alpha value is -2.20. The minimum atomic E-state index is -0.811. The van der Waals surface area contributed by atoms with E-state index >= 15 is 0 Å². The van der Waals surface area contributed by atoms with Crippen LogP contribution in [0.25, 0.3) is 0 Å². The lowest BCUT2D eigenvalue weighted by Crippen LogP contribution is -2.45. The third-order valence-corrected chi connectivity index (χ3v) is 8.07. The molecule has 9 heteroatoms. The third-order valence-electron chi connectivity index (χ3n) is 8.07. The summed E-state index contributed by atoms with van der Waals surface area (Å²) in [5.74, 6) is -0.639. The molecule has 1 aromatic rings. The molecule has 38 heavy (non-hydrogen) atoms. The number of nitrogens with zero attached hydrogens (tertiary/aromatic N) is 3. The van der Waals surface area contributed by atoms with E-state index in [1.807, 2.05) is 31.1 Å². The summed E-state index contributed by atoms with van der Waals surface area (Å²) in [6.45, 7) is 7.09. The van der Waals surface area contributed by atoms with Crippen molar-refractivity contribution in [2.45, 2.75) is 63.7 Å². The van der Waals surface area contributed by atoms with Crippen molar-refractivity contribution < 1.29 is 28.9 Å². The van der Waals surface area contributed by atoms with Crippen LogP contribution in [0.1, 0.15) is 56.1 Å². The van der Waals surface area contributed by atoms with E-state index in [1.54, 1.807) is 0 Å². The lowest BCUT2D eigenvalue weighted by molar-refractivity contribution is -0.144. The molecule has 0 saturated carbocycles. The van der Waals surface area contributed by atoms with Gasteiger partial charge >= 0.3 is 5.97 Å². The Balaban J connectivity index is 1.53. The number of amides is 1. The first-order valence-corrected chi connectivity index (χ1v) is 14.3. The van der Waals surface area contributed by atoms with Crippen LogP contribution >= 0.6 is 0 Å². The van der Waals surface area contributed by atoms with E-state index in [9.17, 15) is 14.7 Å². The lowest BCUT2D eigenvalue weighted by atomic mass is 9.83. The highest BCUT2D eigenvalue weighted by atomic mass is 16.7. The summed E-state index contributed by atoms with van der Waals surface area (Å²) >= 11 is 0. The van der Waals surface area contributed by atoms with Gasteiger partial charge in [-0.2, -0.15) is 0 Å². The number of ether oxygens (including phenoxy) is 3. The van der Waals surface area contributed by atoms with Crippen molar-refractivity contribution in [1.82, 2.24) is 14.7 Å². The van der Waals surface area contributed by atoms with Gasteiger partial charge in [-0.05, 0) is 63.5 Å². The van der Waals surface area contributed by atoms with Crippen LogP contribution in [0.2, 0.25) is 0 Å². The fraction of sp³-hybridized carbons (Fsp3) is 0.724. The summed E-state index contributed by atoms with van der Waals surface area (Å²) in [7, 11) is 4.09. The van der Waals surface area contributed by atoms with Crippen LogP contribution in [0, 0.1) is 5.92 Å². The number of fused-ring (bicyclic) bond motifs is 1. The molecular weight excluding hydrogens is 486 g/mol. The number of carboxylic acids is 1. The fourth-order valence-electron chi connectivity index (χ4n) is 6.07. The molecule has 3 atom stereocenters. The number of aliphatic carboxylic acids is 1. The molecule has 9 nitrogen and oxygen atoms in total. The number of carbonyl (C=O) groups is 2. The predicted molar refractivity (Wildman–Crippen MR) is 144 cm³/mol. The molecule has 3 unspecified atom stereocenters. The maximum absolute atomic E-state index is 13.6. The Morgan fingerprint density at radius 3 is 2.53 bits per heavy atom. The van der Waals surface area contributed by atoms with Gasteiger partial charge < -0.3 is 29.1 Å². The molecule has 0 bridgehead atoms. The van der Waals surface area contributed by atoms with E-state index in [0.717, 1.165) is 62.2 Å². The molecular formula is C29H45N3O6. The van der Waals surface area contributed by atoms with Gasteiger partial charge in [-0.25, -0.2) is 0 Å². The average Bonchev–Trinajstić information content (AvgIpc) is 3.64. The van der Waals surface area contributed by atoms with Crippen LogP contribution in [0.15, 0.2) is 18.2 Å². The standard InChI is InChI=1S/C29H45N3O6/c1-4-5-13-31(14-6-12-30(2)3)26(33)20-32-19-23(21-7-9-25-22(18-21)11-15-36-25)28(29(34)35)24(32)8-10-27-37-16-17-38-27/h7,9,18,23-24,27-28H,4-6,8,10-17,19-20H2,1-3H3,(H,34,35). The molecule has 1 N–H and O–H groups in total. The smallest absolute Gasteiger partial charge is 0.308 e. The van der Waals surface area contributed by atoms with Crippen LogP contribution in [-0.2, 0) is 25.5 Å². The minimum Gasteiger partial charge on any atom is -0.493 e. The maximum atomic E-state index is 13.6. The molecule has 0 aliphatic carbocycles.